The van der Waals surface area contributed by atoms with Crippen molar-refractivity contribution in [3.63, 3.8) is 0 Å². The first-order valence-corrected chi connectivity index (χ1v) is 10.3. The molecule has 2 rings (SSSR count). The third-order valence-corrected chi connectivity index (χ3v) is 4.96. The molecule has 3 nitrogen and oxygen atoms in total. The molecule has 0 radical (unpaired) electrons. The average Bonchev–Trinajstić information content (AvgIpc) is 2.67. The molecule has 0 aliphatic rings. The molecule has 3 heteroatoms. The van der Waals surface area contributed by atoms with E-state index in [2.05, 4.69) is 49.5 Å². The summed E-state index contributed by atoms with van der Waals surface area (Å²) < 4.78 is 0. The summed E-state index contributed by atoms with van der Waals surface area (Å²) in [7, 11) is 0. The van der Waals surface area contributed by atoms with Gasteiger partial charge in [-0.15, -0.1) is 0 Å². The van der Waals surface area contributed by atoms with E-state index in [0.717, 1.165) is 37.2 Å². The van der Waals surface area contributed by atoms with Crippen LogP contribution in [0.4, 0.5) is 10.5 Å². The monoisotopic (exact) mass is 366 g/mol. The van der Waals surface area contributed by atoms with Crippen LogP contribution in [0.25, 0.3) is 0 Å². The van der Waals surface area contributed by atoms with Crippen LogP contribution in [0.15, 0.2) is 48.5 Å². The zero-order chi connectivity index (χ0) is 19.5. The molecule has 2 amide bonds. The summed E-state index contributed by atoms with van der Waals surface area (Å²) in [6, 6.07) is 16.6. The van der Waals surface area contributed by atoms with Crippen LogP contribution in [0.2, 0.25) is 0 Å². The number of hydrogen-bond donors (Lipinski definition) is 1. The van der Waals surface area contributed by atoms with Gasteiger partial charge in [-0.05, 0) is 43.9 Å². The summed E-state index contributed by atoms with van der Waals surface area (Å²) in [5, 5.41) is 3.11. The van der Waals surface area contributed by atoms with Gasteiger partial charge in [-0.3, -0.25) is 0 Å². The highest BCUT2D eigenvalue weighted by Gasteiger charge is 2.14. The minimum Gasteiger partial charge on any atom is -0.324 e. The van der Waals surface area contributed by atoms with Crippen molar-refractivity contribution >= 4 is 11.7 Å². The van der Waals surface area contributed by atoms with Crippen LogP contribution < -0.4 is 5.32 Å². The van der Waals surface area contributed by atoms with Crippen LogP contribution in [0.5, 0.6) is 0 Å². The number of carbonyl (C=O) groups is 1. The van der Waals surface area contributed by atoms with Crippen molar-refractivity contribution in [3.05, 3.63) is 65.2 Å². The molecule has 0 aliphatic carbocycles. The maximum Gasteiger partial charge on any atom is 0.321 e. The van der Waals surface area contributed by atoms with Gasteiger partial charge in [-0.1, -0.05) is 80.6 Å². The van der Waals surface area contributed by atoms with Crippen molar-refractivity contribution in [1.29, 1.82) is 0 Å². The van der Waals surface area contributed by atoms with Gasteiger partial charge in [0.15, 0.2) is 0 Å². The largest absolute Gasteiger partial charge is 0.324 e. The van der Waals surface area contributed by atoms with Crippen LogP contribution in [0, 0.1) is 13.8 Å². The lowest BCUT2D eigenvalue weighted by Gasteiger charge is -2.24. The van der Waals surface area contributed by atoms with Crippen LogP contribution in [0.3, 0.4) is 0 Å². The molecular formula is C24H34N2O. The molecule has 0 bridgehead atoms. The molecule has 146 valence electrons. The Kier molecular flexibility index (Phi) is 8.90. The molecule has 0 saturated heterocycles. The van der Waals surface area contributed by atoms with E-state index in [1.165, 1.54) is 36.8 Å². The van der Waals surface area contributed by atoms with Gasteiger partial charge in [0.1, 0.15) is 0 Å². The van der Waals surface area contributed by atoms with E-state index in [9.17, 15) is 4.79 Å². The summed E-state index contributed by atoms with van der Waals surface area (Å²) in [4.78, 5) is 14.9. The SMILES string of the molecule is CCCCCCCN(CCc1ccccc1)C(=O)Nc1ccc(C)cc1C. The fourth-order valence-corrected chi connectivity index (χ4v) is 3.28. The number of amides is 2. The van der Waals surface area contributed by atoms with E-state index in [0.29, 0.717) is 0 Å². The van der Waals surface area contributed by atoms with Gasteiger partial charge in [0.05, 0.1) is 0 Å². The summed E-state index contributed by atoms with van der Waals surface area (Å²) in [6.45, 7) is 7.90. The first-order chi connectivity index (χ1) is 13.1. The standard InChI is InChI=1S/C24H34N2O/c1-4-5-6-7-11-17-26(18-16-22-12-9-8-10-13-22)24(27)25-23-15-14-20(2)19-21(23)3/h8-10,12-15,19H,4-7,11,16-18H2,1-3H3,(H,25,27). The molecule has 0 saturated carbocycles. The normalized spacial score (nSPS) is 10.6. The maximum absolute atomic E-state index is 12.9. The first kappa shape index (κ1) is 21.0. The molecule has 0 aromatic heterocycles. The number of carbonyl (C=O) groups excluding carboxylic acids is 1. The second kappa shape index (κ2) is 11.4. The molecule has 0 spiro atoms. The molecule has 1 N–H and O–H groups in total. The summed E-state index contributed by atoms with van der Waals surface area (Å²) >= 11 is 0. The Hall–Kier alpha value is -2.29. The first-order valence-electron chi connectivity index (χ1n) is 10.3. The van der Waals surface area contributed by atoms with E-state index in [-0.39, 0.29) is 6.03 Å². The molecular weight excluding hydrogens is 332 g/mol. The van der Waals surface area contributed by atoms with Gasteiger partial charge in [0.25, 0.3) is 0 Å². The number of nitrogens with zero attached hydrogens (tertiary/aromatic N) is 1. The van der Waals surface area contributed by atoms with Crippen molar-refractivity contribution in [2.24, 2.45) is 0 Å². The molecule has 27 heavy (non-hydrogen) atoms. The second-order valence-electron chi connectivity index (χ2n) is 7.39. The zero-order valence-electron chi connectivity index (χ0n) is 17.1. The minimum absolute atomic E-state index is 0.00776. The summed E-state index contributed by atoms with van der Waals surface area (Å²) in [5.41, 5.74) is 4.49. The average molecular weight is 367 g/mol. The number of anilines is 1. The highest BCUT2D eigenvalue weighted by molar-refractivity contribution is 5.90. The van der Waals surface area contributed by atoms with Crippen LogP contribution in [0.1, 0.15) is 55.7 Å². The van der Waals surface area contributed by atoms with Gasteiger partial charge >= 0.3 is 6.03 Å². The quantitative estimate of drug-likeness (QED) is 0.488. The predicted molar refractivity (Wildman–Crippen MR) is 115 cm³/mol. The molecule has 0 heterocycles. The smallest absolute Gasteiger partial charge is 0.321 e. The van der Waals surface area contributed by atoms with Gasteiger partial charge in [-0.2, -0.15) is 0 Å². The zero-order valence-corrected chi connectivity index (χ0v) is 17.1. The van der Waals surface area contributed by atoms with Crippen LogP contribution in [-0.4, -0.2) is 24.0 Å². The van der Waals surface area contributed by atoms with Crippen molar-refractivity contribution in [2.45, 2.75) is 59.3 Å². The number of nitrogens with one attached hydrogen (secondary N) is 1. The Morgan fingerprint density at radius 3 is 2.37 bits per heavy atom. The Morgan fingerprint density at radius 1 is 0.926 bits per heavy atom. The lowest BCUT2D eigenvalue weighted by atomic mass is 10.1. The highest BCUT2D eigenvalue weighted by Crippen LogP contribution is 2.17. The topological polar surface area (TPSA) is 32.3 Å². The molecule has 2 aromatic carbocycles. The number of rotatable bonds is 10. The Morgan fingerprint density at radius 2 is 1.67 bits per heavy atom. The maximum atomic E-state index is 12.9. The van der Waals surface area contributed by atoms with E-state index in [4.69, 9.17) is 0 Å². The minimum atomic E-state index is 0.00776. The van der Waals surface area contributed by atoms with E-state index in [1.54, 1.807) is 0 Å². The fourth-order valence-electron chi connectivity index (χ4n) is 3.28. The van der Waals surface area contributed by atoms with E-state index < -0.39 is 0 Å². The van der Waals surface area contributed by atoms with Gasteiger partial charge < -0.3 is 10.2 Å². The number of hydrogen-bond acceptors (Lipinski definition) is 1. The summed E-state index contributed by atoms with van der Waals surface area (Å²) in [5.74, 6) is 0. The molecule has 0 aliphatic heterocycles. The number of aryl methyl sites for hydroxylation is 2. The molecule has 2 aromatic rings. The predicted octanol–water partition coefficient (Wildman–Crippen LogP) is 6.35. The van der Waals surface area contributed by atoms with E-state index in [1.807, 2.05) is 30.0 Å². The van der Waals surface area contributed by atoms with Gasteiger partial charge in [0, 0.05) is 18.8 Å². The third-order valence-electron chi connectivity index (χ3n) is 4.96. The number of benzene rings is 2. The molecule has 0 atom stereocenters. The van der Waals surface area contributed by atoms with Crippen molar-refractivity contribution in [2.75, 3.05) is 18.4 Å². The Labute approximate surface area is 164 Å². The lowest BCUT2D eigenvalue weighted by Crippen LogP contribution is -2.37. The highest BCUT2D eigenvalue weighted by atomic mass is 16.2. The third kappa shape index (κ3) is 7.46. The lowest BCUT2D eigenvalue weighted by molar-refractivity contribution is 0.211. The van der Waals surface area contributed by atoms with E-state index >= 15 is 0 Å². The Bertz CT molecular complexity index is 697. The summed E-state index contributed by atoms with van der Waals surface area (Å²) in [6.07, 6.45) is 6.91. The number of urea groups is 1. The fraction of sp³-hybridized carbons (Fsp3) is 0.458. The molecule has 0 fully saturated rings. The van der Waals surface area contributed by atoms with Gasteiger partial charge in [0.2, 0.25) is 0 Å². The van der Waals surface area contributed by atoms with Crippen molar-refractivity contribution < 1.29 is 4.79 Å². The van der Waals surface area contributed by atoms with Crippen LogP contribution >= 0.6 is 0 Å². The van der Waals surface area contributed by atoms with Crippen molar-refractivity contribution in [3.8, 4) is 0 Å². The second-order valence-corrected chi connectivity index (χ2v) is 7.39. The van der Waals surface area contributed by atoms with Gasteiger partial charge in [-0.25, -0.2) is 4.79 Å². The number of unbranched alkanes of at least 4 members (excludes halogenated alkanes) is 4. The van der Waals surface area contributed by atoms with Crippen molar-refractivity contribution in [1.82, 2.24) is 4.90 Å². The molecule has 0 unspecified atom stereocenters. The van der Waals surface area contributed by atoms with Crippen LogP contribution in [-0.2, 0) is 6.42 Å². The Balaban J connectivity index is 1.96.